The highest BCUT2D eigenvalue weighted by Crippen LogP contribution is 2.17. The summed E-state index contributed by atoms with van der Waals surface area (Å²) in [5, 5.41) is 3.57. The molecule has 0 radical (unpaired) electrons. The highest BCUT2D eigenvalue weighted by Gasteiger charge is 2.03. The number of benzene rings is 2. The first-order valence-corrected chi connectivity index (χ1v) is 8.49. The van der Waals surface area contributed by atoms with Gasteiger partial charge in [0.2, 0.25) is 0 Å². The highest BCUT2D eigenvalue weighted by molar-refractivity contribution is 14.1. The van der Waals surface area contributed by atoms with E-state index in [1.54, 1.807) is 0 Å². The molecule has 0 aliphatic rings. The SMILES string of the molecule is CC(NCCSc1ccccc1)c1ccc(I)cc1. The summed E-state index contributed by atoms with van der Waals surface area (Å²) >= 11 is 4.23. The second kappa shape index (κ2) is 7.92. The van der Waals surface area contributed by atoms with Gasteiger partial charge in [0.25, 0.3) is 0 Å². The summed E-state index contributed by atoms with van der Waals surface area (Å²) in [6, 6.07) is 19.7. The molecule has 0 bridgehead atoms. The third kappa shape index (κ3) is 5.16. The van der Waals surface area contributed by atoms with Crippen LogP contribution >= 0.6 is 34.4 Å². The molecule has 3 heteroatoms. The van der Waals surface area contributed by atoms with Gasteiger partial charge in [0.15, 0.2) is 0 Å². The predicted molar refractivity (Wildman–Crippen MR) is 92.7 cm³/mol. The van der Waals surface area contributed by atoms with Crippen LogP contribution in [-0.4, -0.2) is 12.3 Å². The quantitative estimate of drug-likeness (QED) is 0.440. The third-order valence-corrected chi connectivity index (χ3v) is 4.67. The summed E-state index contributed by atoms with van der Waals surface area (Å²) in [6.45, 7) is 3.24. The Labute approximate surface area is 133 Å². The minimum absolute atomic E-state index is 0.411. The molecule has 1 unspecified atom stereocenters. The molecule has 1 nitrogen and oxygen atoms in total. The molecule has 0 fully saturated rings. The van der Waals surface area contributed by atoms with Crippen molar-refractivity contribution in [2.45, 2.75) is 17.9 Å². The first-order chi connectivity index (χ1) is 9.25. The van der Waals surface area contributed by atoms with Crippen LogP contribution in [0.1, 0.15) is 18.5 Å². The molecule has 0 aromatic heterocycles. The van der Waals surface area contributed by atoms with Crippen molar-refractivity contribution >= 4 is 34.4 Å². The molecule has 0 saturated carbocycles. The van der Waals surface area contributed by atoms with Crippen molar-refractivity contribution in [1.82, 2.24) is 5.32 Å². The van der Waals surface area contributed by atoms with Crippen LogP contribution in [0.3, 0.4) is 0 Å². The molecular formula is C16H18INS. The zero-order valence-corrected chi connectivity index (χ0v) is 13.9. The molecule has 100 valence electrons. The molecule has 1 N–H and O–H groups in total. The zero-order valence-electron chi connectivity index (χ0n) is 11.0. The Bertz CT molecular complexity index is 484. The molecule has 0 aliphatic carbocycles. The van der Waals surface area contributed by atoms with Crippen LogP contribution in [0.4, 0.5) is 0 Å². The monoisotopic (exact) mass is 383 g/mol. The fourth-order valence-electron chi connectivity index (χ4n) is 1.83. The van der Waals surface area contributed by atoms with Crippen molar-refractivity contribution in [2.24, 2.45) is 0 Å². The average molecular weight is 383 g/mol. The molecule has 1 atom stereocenters. The van der Waals surface area contributed by atoms with Crippen LogP contribution in [0.25, 0.3) is 0 Å². The Morgan fingerprint density at radius 3 is 2.42 bits per heavy atom. The largest absolute Gasteiger partial charge is 0.309 e. The van der Waals surface area contributed by atoms with E-state index >= 15 is 0 Å². The lowest BCUT2D eigenvalue weighted by molar-refractivity contribution is 0.601. The summed E-state index contributed by atoms with van der Waals surface area (Å²) in [6.07, 6.45) is 0. The number of nitrogens with one attached hydrogen (secondary N) is 1. The molecular weight excluding hydrogens is 365 g/mol. The first kappa shape index (κ1) is 14.9. The molecule has 2 aromatic carbocycles. The zero-order chi connectivity index (χ0) is 13.5. The number of hydrogen-bond donors (Lipinski definition) is 1. The summed E-state index contributed by atoms with van der Waals surface area (Å²) in [4.78, 5) is 1.34. The molecule has 0 spiro atoms. The van der Waals surface area contributed by atoms with E-state index in [1.165, 1.54) is 14.0 Å². The van der Waals surface area contributed by atoms with Gasteiger partial charge in [0, 0.05) is 26.8 Å². The van der Waals surface area contributed by atoms with Crippen molar-refractivity contribution in [3.8, 4) is 0 Å². The minimum Gasteiger partial charge on any atom is -0.309 e. The fraction of sp³-hybridized carbons (Fsp3) is 0.250. The van der Waals surface area contributed by atoms with Crippen LogP contribution in [0.5, 0.6) is 0 Å². The van der Waals surface area contributed by atoms with Gasteiger partial charge < -0.3 is 5.32 Å². The Balaban J connectivity index is 1.72. The Hall–Kier alpha value is -0.520. The normalized spacial score (nSPS) is 12.3. The van der Waals surface area contributed by atoms with Crippen molar-refractivity contribution < 1.29 is 0 Å². The van der Waals surface area contributed by atoms with E-state index in [9.17, 15) is 0 Å². The lowest BCUT2D eigenvalue weighted by Gasteiger charge is -2.14. The maximum Gasteiger partial charge on any atom is 0.0292 e. The van der Waals surface area contributed by atoms with Gasteiger partial charge in [-0.3, -0.25) is 0 Å². The maximum atomic E-state index is 3.57. The van der Waals surface area contributed by atoms with E-state index in [0.717, 1.165) is 12.3 Å². The maximum absolute atomic E-state index is 3.57. The van der Waals surface area contributed by atoms with Crippen LogP contribution in [0.15, 0.2) is 59.5 Å². The molecule has 2 aromatic rings. The summed E-state index contributed by atoms with van der Waals surface area (Å²) < 4.78 is 1.29. The van der Waals surface area contributed by atoms with Crippen molar-refractivity contribution in [3.63, 3.8) is 0 Å². The van der Waals surface area contributed by atoms with E-state index in [2.05, 4.69) is 89.4 Å². The van der Waals surface area contributed by atoms with E-state index < -0.39 is 0 Å². The van der Waals surface area contributed by atoms with Gasteiger partial charge in [-0.25, -0.2) is 0 Å². The molecule has 19 heavy (non-hydrogen) atoms. The van der Waals surface area contributed by atoms with Gasteiger partial charge in [-0.1, -0.05) is 30.3 Å². The van der Waals surface area contributed by atoms with Crippen LogP contribution < -0.4 is 5.32 Å². The minimum atomic E-state index is 0.411. The summed E-state index contributed by atoms with van der Waals surface area (Å²) in [5.41, 5.74) is 1.35. The molecule has 0 saturated heterocycles. The lowest BCUT2D eigenvalue weighted by Crippen LogP contribution is -2.21. The number of halogens is 1. The Morgan fingerprint density at radius 2 is 1.74 bits per heavy atom. The number of thioether (sulfide) groups is 1. The third-order valence-electron chi connectivity index (χ3n) is 2.93. The second-order valence-electron chi connectivity index (χ2n) is 4.39. The van der Waals surface area contributed by atoms with Gasteiger partial charge >= 0.3 is 0 Å². The van der Waals surface area contributed by atoms with Gasteiger partial charge in [0.05, 0.1) is 0 Å². The van der Waals surface area contributed by atoms with Crippen LogP contribution in [0.2, 0.25) is 0 Å². The summed E-state index contributed by atoms with van der Waals surface area (Å²) in [7, 11) is 0. The number of hydrogen-bond acceptors (Lipinski definition) is 2. The predicted octanol–water partition coefficient (Wildman–Crippen LogP) is 4.73. The van der Waals surface area contributed by atoms with Crippen molar-refractivity contribution in [1.29, 1.82) is 0 Å². The van der Waals surface area contributed by atoms with Crippen LogP contribution in [-0.2, 0) is 0 Å². The Kier molecular flexibility index (Phi) is 6.20. The van der Waals surface area contributed by atoms with Crippen LogP contribution in [0, 0.1) is 3.57 Å². The highest BCUT2D eigenvalue weighted by atomic mass is 127. The Morgan fingerprint density at radius 1 is 1.05 bits per heavy atom. The van der Waals surface area contributed by atoms with Gasteiger partial charge in [-0.2, -0.15) is 0 Å². The summed E-state index contributed by atoms with van der Waals surface area (Å²) in [5.74, 6) is 1.10. The number of rotatable bonds is 6. The second-order valence-corrected chi connectivity index (χ2v) is 6.80. The van der Waals surface area contributed by atoms with E-state index in [0.29, 0.717) is 6.04 Å². The van der Waals surface area contributed by atoms with E-state index in [1.807, 2.05) is 11.8 Å². The molecule has 0 heterocycles. The van der Waals surface area contributed by atoms with Gasteiger partial charge in [-0.05, 0) is 59.3 Å². The topological polar surface area (TPSA) is 12.0 Å². The van der Waals surface area contributed by atoms with E-state index in [-0.39, 0.29) is 0 Å². The molecule has 0 amide bonds. The molecule has 2 rings (SSSR count). The molecule has 0 aliphatic heterocycles. The lowest BCUT2D eigenvalue weighted by atomic mass is 10.1. The average Bonchev–Trinajstić information content (AvgIpc) is 2.45. The van der Waals surface area contributed by atoms with E-state index in [4.69, 9.17) is 0 Å². The van der Waals surface area contributed by atoms with Crippen molar-refractivity contribution in [3.05, 3.63) is 63.7 Å². The standard InChI is InChI=1S/C16H18INS/c1-13(14-7-9-15(17)10-8-14)18-11-12-19-16-5-3-2-4-6-16/h2-10,13,18H,11-12H2,1H3. The fourth-order valence-corrected chi connectivity index (χ4v) is 3.00. The van der Waals surface area contributed by atoms with Crippen molar-refractivity contribution in [2.75, 3.05) is 12.3 Å². The first-order valence-electron chi connectivity index (χ1n) is 6.42. The van der Waals surface area contributed by atoms with Gasteiger partial charge in [0.1, 0.15) is 0 Å². The van der Waals surface area contributed by atoms with Gasteiger partial charge in [-0.15, -0.1) is 11.8 Å². The smallest absolute Gasteiger partial charge is 0.0292 e.